The van der Waals surface area contributed by atoms with Crippen LogP contribution in [-0.4, -0.2) is 35.0 Å². The maximum absolute atomic E-state index is 12.3. The summed E-state index contributed by atoms with van der Waals surface area (Å²) < 4.78 is 0. The molecule has 2 heterocycles. The molecule has 17 heavy (non-hydrogen) atoms. The largest absolute Gasteiger partial charge is 0.334 e. The van der Waals surface area contributed by atoms with Crippen molar-refractivity contribution < 1.29 is 9.59 Å². The first-order valence-electron chi connectivity index (χ1n) is 6.26. The van der Waals surface area contributed by atoms with Crippen LogP contribution >= 0.6 is 0 Å². The average molecular weight is 237 g/mol. The number of rotatable bonds is 2. The zero-order chi connectivity index (χ0) is 12.4. The molecule has 2 aliphatic heterocycles. The highest BCUT2D eigenvalue weighted by Gasteiger charge is 2.33. The fraction of sp³-hybridized carbons (Fsp3) is 0.750. The number of hydrogen-bond donors (Lipinski definition) is 1. The van der Waals surface area contributed by atoms with Crippen molar-refractivity contribution in [3.8, 4) is 0 Å². The quantitative estimate of drug-likeness (QED) is 0.775. The zero-order valence-corrected chi connectivity index (χ0v) is 10.4. The molecule has 1 unspecified atom stereocenters. The molecule has 2 rings (SSSR count). The monoisotopic (exact) mass is 237 g/mol. The van der Waals surface area contributed by atoms with Crippen molar-refractivity contribution in [3.63, 3.8) is 0 Å². The Kier molecular flexibility index (Phi) is 3.45. The molecule has 0 saturated carbocycles. The van der Waals surface area contributed by atoms with Crippen molar-refractivity contribution in [2.75, 3.05) is 6.54 Å². The van der Waals surface area contributed by atoms with Crippen molar-refractivity contribution in [3.05, 3.63) is 0 Å². The van der Waals surface area contributed by atoms with Gasteiger partial charge in [0.15, 0.2) is 0 Å². The van der Waals surface area contributed by atoms with E-state index in [-0.39, 0.29) is 11.8 Å². The Morgan fingerprint density at radius 1 is 1.47 bits per heavy atom. The third kappa shape index (κ3) is 2.48. The molecule has 5 heteroatoms. The summed E-state index contributed by atoms with van der Waals surface area (Å²) in [6.07, 6.45) is 2.97. The lowest BCUT2D eigenvalue weighted by atomic mass is 10.0. The zero-order valence-electron chi connectivity index (χ0n) is 10.4. The second-order valence-electron chi connectivity index (χ2n) is 5.05. The summed E-state index contributed by atoms with van der Waals surface area (Å²) in [5, 5.41) is 3.87. The first-order valence-corrected chi connectivity index (χ1v) is 6.26. The molecule has 0 bridgehead atoms. The summed E-state index contributed by atoms with van der Waals surface area (Å²) in [6, 6.07) is 0.322. The highest BCUT2D eigenvalue weighted by atomic mass is 16.2. The van der Waals surface area contributed by atoms with Crippen LogP contribution in [0.1, 0.15) is 39.5 Å². The molecule has 5 nitrogen and oxygen atoms in total. The van der Waals surface area contributed by atoms with E-state index in [0.29, 0.717) is 30.5 Å². The van der Waals surface area contributed by atoms with Crippen LogP contribution in [0.2, 0.25) is 0 Å². The fourth-order valence-corrected chi connectivity index (χ4v) is 2.53. The van der Waals surface area contributed by atoms with Crippen LogP contribution in [0.15, 0.2) is 5.10 Å². The Hall–Kier alpha value is -1.39. The number of carbonyl (C=O) groups is 2. The van der Waals surface area contributed by atoms with Gasteiger partial charge in [0.25, 0.3) is 5.91 Å². The molecule has 0 aliphatic carbocycles. The molecule has 94 valence electrons. The van der Waals surface area contributed by atoms with Crippen LogP contribution in [0.25, 0.3) is 0 Å². The highest BCUT2D eigenvalue weighted by Crippen LogP contribution is 2.24. The van der Waals surface area contributed by atoms with Gasteiger partial charge in [0.2, 0.25) is 5.91 Å². The Bertz CT molecular complexity index is 363. The Morgan fingerprint density at radius 3 is 2.82 bits per heavy atom. The molecule has 0 spiro atoms. The molecule has 0 radical (unpaired) electrons. The lowest BCUT2D eigenvalue weighted by Crippen LogP contribution is -2.44. The van der Waals surface area contributed by atoms with E-state index in [0.717, 1.165) is 19.4 Å². The van der Waals surface area contributed by atoms with Gasteiger partial charge >= 0.3 is 0 Å². The first kappa shape index (κ1) is 12.1. The predicted molar refractivity (Wildman–Crippen MR) is 64.4 cm³/mol. The van der Waals surface area contributed by atoms with Gasteiger partial charge in [-0.2, -0.15) is 5.10 Å². The average Bonchev–Trinajstić information content (AvgIpc) is 2.78. The minimum atomic E-state index is -0.108. The van der Waals surface area contributed by atoms with Crippen molar-refractivity contribution in [1.82, 2.24) is 10.3 Å². The SMILES string of the molecule is CC(C)C1CCCN1C(=O)C1=NNC(=O)CC1. The Balaban J connectivity index is 2.07. The van der Waals surface area contributed by atoms with Crippen LogP contribution in [0.3, 0.4) is 0 Å². The van der Waals surface area contributed by atoms with Gasteiger partial charge in [-0.1, -0.05) is 13.8 Å². The van der Waals surface area contributed by atoms with Gasteiger partial charge in [-0.3, -0.25) is 9.59 Å². The van der Waals surface area contributed by atoms with Gasteiger partial charge in [0.05, 0.1) is 0 Å². The molecular weight excluding hydrogens is 218 g/mol. The van der Waals surface area contributed by atoms with E-state index in [1.165, 1.54) is 0 Å². The molecule has 0 aromatic rings. The third-order valence-electron chi connectivity index (χ3n) is 3.48. The van der Waals surface area contributed by atoms with Crippen LogP contribution in [0.5, 0.6) is 0 Å². The van der Waals surface area contributed by atoms with Gasteiger partial charge in [-0.05, 0) is 18.8 Å². The summed E-state index contributed by atoms with van der Waals surface area (Å²) in [6.45, 7) is 5.09. The Morgan fingerprint density at radius 2 is 2.24 bits per heavy atom. The number of nitrogens with one attached hydrogen (secondary N) is 1. The summed E-state index contributed by atoms with van der Waals surface area (Å²) in [5.41, 5.74) is 2.88. The highest BCUT2D eigenvalue weighted by molar-refractivity contribution is 6.39. The van der Waals surface area contributed by atoms with E-state index in [4.69, 9.17) is 0 Å². The number of hydrogen-bond acceptors (Lipinski definition) is 3. The van der Waals surface area contributed by atoms with Gasteiger partial charge < -0.3 is 4.90 Å². The molecule has 1 saturated heterocycles. The number of nitrogens with zero attached hydrogens (tertiary/aromatic N) is 2. The van der Waals surface area contributed by atoms with E-state index < -0.39 is 0 Å². The normalized spacial score (nSPS) is 24.9. The van der Waals surface area contributed by atoms with Crippen LogP contribution in [0, 0.1) is 5.92 Å². The molecule has 0 aromatic heterocycles. The number of amides is 2. The summed E-state index contributed by atoms with van der Waals surface area (Å²) in [4.78, 5) is 25.2. The van der Waals surface area contributed by atoms with Crippen molar-refractivity contribution in [2.45, 2.75) is 45.6 Å². The molecule has 2 aliphatic rings. The standard InChI is InChI=1S/C12H19N3O2/c1-8(2)10-4-3-7-15(10)12(17)9-5-6-11(16)14-13-9/h8,10H,3-7H2,1-2H3,(H,14,16). The van der Waals surface area contributed by atoms with Crippen LogP contribution in [0.4, 0.5) is 0 Å². The maximum atomic E-state index is 12.3. The molecular formula is C12H19N3O2. The first-order chi connectivity index (χ1) is 8.09. The van der Waals surface area contributed by atoms with E-state index in [1.54, 1.807) is 0 Å². The topological polar surface area (TPSA) is 61.8 Å². The van der Waals surface area contributed by atoms with E-state index in [2.05, 4.69) is 24.4 Å². The Labute approximate surface area is 101 Å². The van der Waals surface area contributed by atoms with E-state index in [1.807, 2.05) is 4.90 Å². The second kappa shape index (κ2) is 4.85. The maximum Gasteiger partial charge on any atom is 0.270 e. The van der Waals surface area contributed by atoms with Gasteiger partial charge in [-0.15, -0.1) is 0 Å². The van der Waals surface area contributed by atoms with E-state index in [9.17, 15) is 9.59 Å². The van der Waals surface area contributed by atoms with Crippen molar-refractivity contribution >= 4 is 17.5 Å². The third-order valence-corrected chi connectivity index (χ3v) is 3.48. The predicted octanol–water partition coefficient (Wildman–Crippen LogP) is 0.899. The molecule has 1 fully saturated rings. The number of likely N-dealkylation sites (tertiary alicyclic amines) is 1. The van der Waals surface area contributed by atoms with E-state index >= 15 is 0 Å². The van der Waals surface area contributed by atoms with Crippen LogP contribution < -0.4 is 5.43 Å². The van der Waals surface area contributed by atoms with Gasteiger partial charge in [0, 0.05) is 25.4 Å². The minimum absolute atomic E-state index is 0.00111. The lowest BCUT2D eigenvalue weighted by molar-refractivity contribution is -0.126. The summed E-state index contributed by atoms with van der Waals surface area (Å²) in [7, 11) is 0. The minimum Gasteiger partial charge on any atom is -0.334 e. The molecule has 1 atom stereocenters. The molecule has 2 amide bonds. The fourth-order valence-electron chi connectivity index (χ4n) is 2.53. The number of carbonyl (C=O) groups excluding carboxylic acids is 2. The van der Waals surface area contributed by atoms with Gasteiger partial charge in [0.1, 0.15) is 5.71 Å². The lowest BCUT2D eigenvalue weighted by Gasteiger charge is -2.28. The molecule has 1 N–H and O–H groups in total. The molecule has 0 aromatic carbocycles. The van der Waals surface area contributed by atoms with Crippen molar-refractivity contribution in [1.29, 1.82) is 0 Å². The second-order valence-corrected chi connectivity index (χ2v) is 5.05. The smallest absolute Gasteiger partial charge is 0.270 e. The van der Waals surface area contributed by atoms with Gasteiger partial charge in [-0.25, -0.2) is 5.43 Å². The summed E-state index contributed by atoms with van der Waals surface area (Å²) in [5.74, 6) is 0.366. The number of hydrazone groups is 1. The summed E-state index contributed by atoms with van der Waals surface area (Å²) >= 11 is 0. The van der Waals surface area contributed by atoms with Crippen LogP contribution in [-0.2, 0) is 9.59 Å². The van der Waals surface area contributed by atoms with Crippen molar-refractivity contribution in [2.24, 2.45) is 11.0 Å².